The third-order valence-electron chi connectivity index (χ3n) is 5.12. The molecule has 0 unspecified atom stereocenters. The van der Waals surface area contributed by atoms with Crippen LogP contribution in [-0.2, 0) is 10.9 Å². The predicted octanol–water partition coefficient (Wildman–Crippen LogP) is 5.18. The molecule has 2 aliphatic heterocycles. The van der Waals surface area contributed by atoms with E-state index in [0.29, 0.717) is 23.4 Å². The number of anilines is 1. The van der Waals surface area contributed by atoms with Crippen molar-refractivity contribution in [2.45, 2.75) is 31.2 Å². The van der Waals surface area contributed by atoms with Gasteiger partial charge in [0.2, 0.25) is 0 Å². The van der Waals surface area contributed by atoms with Crippen LogP contribution in [0.5, 0.6) is 5.75 Å². The van der Waals surface area contributed by atoms with Crippen LogP contribution >= 0.6 is 0 Å². The Balaban J connectivity index is 1.77. The van der Waals surface area contributed by atoms with Gasteiger partial charge in [-0.05, 0) is 48.7 Å². The molecule has 0 radical (unpaired) electrons. The molecule has 7 heteroatoms. The van der Waals surface area contributed by atoms with Crippen molar-refractivity contribution in [1.29, 1.82) is 0 Å². The zero-order chi connectivity index (χ0) is 18.5. The highest BCUT2D eigenvalue weighted by Gasteiger charge is 2.41. The fourth-order valence-electron chi connectivity index (χ4n) is 3.89. The molecule has 26 heavy (non-hydrogen) atoms. The molecule has 0 aliphatic carbocycles. The van der Waals surface area contributed by atoms with E-state index in [1.807, 2.05) is 0 Å². The third-order valence-corrected chi connectivity index (χ3v) is 5.12. The van der Waals surface area contributed by atoms with Crippen LogP contribution in [0.15, 0.2) is 36.4 Å². The maximum Gasteiger partial charge on any atom is 0.416 e. The van der Waals surface area contributed by atoms with Crippen LogP contribution < -0.4 is 5.32 Å². The second-order valence-electron chi connectivity index (χ2n) is 6.73. The van der Waals surface area contributed by atoms with Crippen LogP contribution in [-0.4, -0.2) is 11.7 Å². The number of hydrogen-bond donors (Lipinski definition) is 2. The largest absolute Gasteiger partial charge is 0.505 e. The highest BCUT2D eigenvalue weighted by Crippen LogP contribution is 2.50. The number of fused-ring (bicyclic) bond motifs is 3. The maximum absolute atomic E-state index is 13.8. The second-order valence-corrected chi connectivity index (χ2v) is 6.73. The summed E-state index contributed by atoms with van der Waals surface area (Å²) in [7, 11) is 0. The second kappa shape index (κ2) is 6.16. The summed E-state index contributed by atoms with van der Waals surface area (Å²) in [6, 6.07) is 7.43. The Morgan fingerprint density at radius 1 is 1.12 bits per heavy atom. The molecule has 0 bridgehead atoms. The van der Waals surface area contributed by atoms with Gasteiger partial charge < -0.3 is 15.2 Å². The number of halogens is 4. The molecule has 1 fully saturated rings. The van der Waals surface area contributed by atoms with Gasteiger partial charge in [-0.3, -0.25) is 0 Å². The summed E-state index contributed by atoms with van der Waals surface area (Å²) < 4.78 is 58.9. The molecular formula is C19H17F4NO2. The number of nitrogens with one attached hydrogen (secondary N) is 1. The van der Waals surface area contributed by atoms with Crippen molar-refractivity contribution >= 4 is 5.69 Å². The molecule has 1 saturated heterocycles. The van der Waals surface area contributed by atoms with Gasteiger partial charge in [-0.25, -0.2) is 4.39 Å². The minimum Gasteiger partial charge on any atom is -0.505 e. The molecule has 4 rings (SSSR count). The highest BCUT2D eigenvalue weighted by atomic mass is 19.4. The third kappa shape index (κ3) is 2.90. The molecule has 2 N–H and O–H groups in total. The van der Waals surface area contributed by atoms with Crippen molar-refractivity contribution in [3.8, 4) is 5.75 Å². The van der Waals surface area contributed by atoms with Crippen molar-refractivity contribution < 1.29 is 27.4 Å². The van der Waals surface area contributed by atoms with E-state index in [1.165, 1.54) is 18.2 Å². The standard InChI is InChI=1S/C19H17F4NO2/c20-14-8-10(3-6-16(14)25)17-12-2-1-7-26-18(12)13-9-11(19(21,22)23)4-5-15(13)24-17/h3-6,8-9,12,17-18,24-25H,1-2,7H2/t12-,17-,18-/m1/s1. The molecule has 0 amide bonds. The summed E-state index contributed by atoms with van der Waals surface area (Å²) in [6.45, 7) is 0.480. The van der Waals surface area contributed by atoms with E-state index in [9.17, 15) is 22.7 Å². The van der Waals surface area contributed by atoms with Crippen LogP contribution in [0.2, 0.25) is 0 Å². The highest BCUT2D eigenvalue weighted by molar-refractivity contribution is 5.58. The monoisotopic (exact) mass is 367 g/mol. The fourth-order valence-corrected chi connectivity index (χ4v) is 3.89. The maximum atomic E-state index is 13.8. The minimum absolute atomic E-state index is 0.122. The first-order valence-corrected chi connectivity index (χ1v) is 8.42. The van der Waals surface area contributed by atoms with Crippen molar-refractivity contribution in [2.24, 2.45) is 5.92 Å². The number of hydrogen-bond acceptors (Lipinski definition) is 3. The van der Waals surface area contributed by atoms with E-state index >= 15 is 0 Å². The predicted molar refractivity (Wildman–Crippen MR) is 87.3 cm³/mol. The summed E-state index contributed by atoms with van der Waals surface area (Å²) in [5.41, 5.74) is 0.964. The average Bonchev–Trinajstić information content (AvgIpc) is 2.62. The lowest BCUT2D eigenvalue weighted by Crippen LogP contribution is -2.36. The van der Waals surface area contributed by atoms with Crippen LogP contribution in [0.1, 0.15) is 41.7 Å². The van der Waals surface area contributed by atoms with Crippen molar-refractivity contribution in [2.75, 3.05) is 11.9 Å². The van der Waals surface area contributed by atoms with Crippen molar-refractivity contribution in [3.05, 3.63) is 58.9 Å². The Hall–Kier alpha value is -2.28. The topological polar surface area (TPSA) is 41.5 Å². The van der Waals surface area contributed by atoms with Crippen LogP contribution in [0.3, 0.4) is 0 Å². The summed E-state index contributed by atoms with van der Waals surface area (Å²) in [6.07, 6.45) is -3.37. The summed E-state index contributed by atoms with van der Waals surface area (Å²) in [5, 5.41) is 12.7. The van der Waals surface area contributed by atoms with Gasteiger partial charge in [0.15, 0.2) is 11.6 Å². The van der Waals surface area contributed by atoms with E-state index < -0.39 is 29.4 Å². The molecule has 0 saturated carbocycles. The van der Waals surface area contributed by atoms with Gasteiger partial charge in [-0.2, -0.15) is 13.2 Å². The van der Waals surface area contributed by atoms with Crippen molar-refractivity contribution in [1.82, 2.24) is 0 Å². The number of alkyl halides is 3. The van der Waals surface area contributed by atoms with E-state index in [0.717, 1.165) is 25.0 Å². The summed E-state index contributed by atoms with van der Waals surface area (Å²) in [4.78, 5) is 0. The van der Waals surface area contributed by atoms with E-state index in [-0.39, 0.29) is 12.0 Å². The lowest BCUT2D eigenvalue weighted by molar-refractivity contribution is -0.137. The van der Waals surface area contributed by atoms with Gasteiger partial charge in [0.05, 0.1) is 17.7 Å². The number of rotatable bonds is 1. The first-order valence-electron chi connectivity index (χ1n) is 8.42. The Morgan fingerprint density at radius 3 is 2.65 bits per heavy atom. The Labute approximate surface area is 147 Å². The summed E-state index contributed by atoms with van der Waals surface area (Å²) >= 11 is 0. The normalized spacial score (nSPS) is 25.2. The quantitative estimate of drug-likeness (QED) is 0.682. The number of ether oxygens (including phenoxy) is 1. The van der Waals surface area contributed by atoms with Gasteiger partial charge in [0.25, 0.3) is 0 Å². The summed E-state index contributed by atoms with van der Waals surface area (Å²) in [5.74, 6) is -1.28. The molecule has 2 aromatic rings. The Morgan fingerprint density at radius 2 is 1.92 bits per heavy atom. The molecule has 3 atom stereocenters. The van der Waals surface area contributed by atoms with Crippen molar-refractivity contribution in [3.63, 3.8) is 0 Å². The first-order chi connectivity index (χ1) is 12.3. The van der Waals surface area contributed by atoms with E-state index in [2.05, 4.69) is 5.32 Å². The zero-order valence-corrected chi connectivity index (χ0v) is 13.7. The molecule has 0 spiro atoms. The average molecular weight is 367 g/mol. The van der Waals surface area contributed by atoms with Crippen LogP contribution in [0.4, 0.5) is 23.2 Å². The van der Waals surface area contributed by atoms with E-state index in [4.69, 9.17) is 4.74 Å². The minimum atomic E-state index is -4.42. The molecule has 2 aromatic carbocycles. The molecular weight excluding hydrogens is 350 g/mol. The smallest absolute Gasteiger partial charge is 0.416 e. The van der Waals surface area contributed by atoms with Gasteiger partial charge in [0, 0.05) is 23.8 Å². The lowest BCUT2D eigenvalue weighted by Gasteiger charge is -2.43. The van der Waals surface area contributed by atoms with Gasteiger partial charge in [-0.15, -0.1) is 0 Å². The number of benzene rings is 2. The molecule has 3 nitrogen and oxygen atoms in total. The van der Waals surface area contributed by atoms with Crippen LogP contribution in [0.25, 0.3) is 0 Å². The molecule has 2 heterocycles. The lowest BCUT2D eigenvalue weighted by atomic mass is 9.77. The molecule has 138 valence electrons. The number of phenolic OH excluding ortho intramolecular Hbond substituents is 1. The SMILES string of the molecule is Oc1ccc([C@H]2Nc3ccc(C(F)(F)F)cc3[C@@H]3OCCC[C@H]23)cc1F. The van der Waals surface area contributed by atoms with Gasteiger partial charge in [-0.1, -0.05) is 6.07 Å². The fraction of sp³-hybridized carbons (Fsp3) is 0.368. The molecule has 0 aromatic heterocycles. The number of phenols is 1. The van der Waals surface area contributed by atoms with E-state index in [1.54, 1.807) is 6.07 Å². The first kappa shape index (κ1) is 17.1. The van der Waals surface area contributed by atoms with Crippen LogP contribution in [0, 0.1) is 11.7 Å². The van der Waals surface area contributed by atoms with Gasteiger partial charge in [0.1, 0.15) is 0 Å². The number of aromatic hydroxyl groups is 1. The van der Waals surface area contributed by atoms with Gasteiger partial charge >= 0.3 is 6.18 Å². The zero-order valence-electron chi connectivity index (χ0n) is 13.7. The Kier molecular flexibility index (Phi) is 4.06. The Bertz CT molecular complexity index is 837. The molecule has 2 aliphatic rings.